The zero-order chi connectivity index (χ0) is 4.99. The molecule has 0 aromatic heterocycles. The van der Waals surface area contributed by atoms with Crippen molar-refractivity contribution in [2.75, 3.05) is 0 Å². The topological polar surface area (TPSA) is 0 Å². The average Bonchev–Trinajstić information content (AvgIpc) is 1.35. The third-order valence-corrected chi connectivity index (χ3v) is 0.892. The second-order valence-corrected chi connectivity index (χ2v) is 3.96. The first-order valence-corrected chi connectivity index (χ1v) is 3.34. The Bertz CT molecular complexity index is 47.5. The van der Waals surface area contributed by atoms with Crippen molar-refractivity contribution in [2.24, 2.45) is 0 Å². The van der Waals surface area contributed by atoms with Crippen LogP contribution in [0.15, 0.2) is 12.2 Å². The molecule has 0 saturated heterocycles. The van der Waals surface area contributed by atoms with Gasteiger partial charge in [0.15, 0.2) is 0 Å². The van der Waals surface area contributed by atoms with Crippen molar-refractivity contribution in [1.29, 1.82) is 0 Å². The minimum Gasteiger partial charge on any atom is -0.0863 e. The summed E-state index contributed by atoms with van der Waals surface area (Å²) in [7, 11) is 0. The Morgan fingerprint density at radius 2 is 2.00 bits per heavy atom. The average molecular weight is 213 g/mol. The summed E-state index contributed by atoms with van der Waals surface area (Å²) in [6.07, 6.45) is 3.62. The molecule has 0 N–H and O–H groups in total. The number of hydrogen-bond acceptors (Lipinski definition) is 0. The maximum Gasteiger partial charge on any atom is 0.0877 e. The van der Waals surface area contributed by atoms with E-state index in [-0.39, 0.29) is 3.74 Å². The second-order valence-electron chi connectivity index (χ2n) is 0.763. The van der Waals surface area contributed by atoms with Crippen LogP contribution in [0.4, 0.5) is 0 Å². The van der Waals surface area contributed by atoms with Crippen LogP contribution in [0.25, 0.3) is 0 Å². The van der Waals surface area contributed by atoms with Crippen molar-refractivity contribution >= 4 is 31.9 Å². The minimum atomic E-state index is 0.280. The van der Waals surface area contributed by atoms with Gasteiger partial charge in [-0.1, -0.05) is 44.0 Å². The number of alkyl halides is 2. The molecule has 35 valence electrons. The molecule has 0 aliphatic carbocycles. The second kappa shape index (κ2) is 3.88. The summed E-state index contributed by atoms with van der Waals surface area (Å²) in [5.74, 6) is 0. The fraction of sp³-hybridized carbons (Fsp3) is 0.250. The predicted octanol–water partition coefficient (Wildman–Crippen LogP) is 2.49. The van der Waals surface area contributed by atoms with Gasteiger partial charge in [-0.2, -0.15) is 0 Å². The zero-order valence-electron chi connectivity index (χ0n) is 3.20. The Hall–Kier alpha value is 0.700. The molecule has 0 saturated carbocycles. The highest BCUT2D eigenvalue weighted by atomic mass is 79.9. The molecule has 0 heterocycles. The largest absolute Gasteiger partial charge is 0.0877 e. The number of rotatable bonds is 1. The van der Waals surface area contributed by atoms with Crippen LogP contribution in [0.1, 0.15) is 0 Å². The van der Waals surface area contributed by atoms with Crippen molar-refractivity contribution in [2.45, 2.75) is 3.74 Å². The van der Waals surface area contributed by atoms with Gasteiger partial charge in [-0.25, -0.2) is 0 Å². The summed E-state index contributed by atoms with van der Waals surface area (Å²) in [5.41, 5.74) is 0. The van der Waals surface area contributed by atoms with Gasteiger partial charge in [-0.3, -0.25) is 0 Å². The standard InChI is InChI=1S/C4H5Br2/c1-2-3-4(5)6/h2-4H,1H2/b3-2+. The van der Waals surface area contributed by atoms with E-state index in [2.05, 4.69) is 38.8 Å². The molecule has 0 nitrogen and oxygen atoms in total. The monoisotopic (exact) mass is 211 g/mol. The van der Waals surface area contributed by atoms with Crippen LogP contribution in [-0.4, -0.2) is 3.74 Å². The number of allylic oxidation sites excluding steroid dienone is 2. The molecule has 0 fully saturated rings. The van der Waals surface area contributed by atoms with Gasteiger partial charge >= 0.3 is 0 Å². The van der Waals surface area contributed by atoms with Crippen LogP contribution in [0.2, 0.25) is 0 Å². The highest BCUT2D eigenvalue weighted by molar-refractivity contribution is 9.24. The van der Waals surface area contributed by atoms with E-state index < -0.39 is 0 Å². The molecule has 6 heavy (non-hydrogen) atoms. The minimum absolute atomic E-state index is 0.280. The Balaban J connectivity index is 3.03. The first kappa shape index (κ1) is 6.70. The van der Waals surface area contributed by atoms with E-state index in [4.69, 9.17) is 0 Å². The Morgan fingerprint density at radius 1 is 1.50 bits per heavy atom. The molecule has 0 aliphatic heterocycles. The van der Waals surface area contributed by atoms with E-state index in [0.29, 0.717) is 0 Å². The first-order valence-electron chi connectivity index (χ1n) is 1.51. The molecule has 0 amide bonds. The van der Waals surface area contributed by atoms with Crippen LogP contribution in [-0.2, 0) is 0 Å². The van der Waals surface area contributed by atoms with E-state index in [1.165, 1.54) is 0 Å². The Kier molecular flexibility index (Phi) is 4.33. The Morgan fingerprint density at radius 3 is 2.00 bits per heavy atom. The van der Waals surface area contributed by atoms with Crippen LogP contribution >= 0.6 is 31.9 Å². The Labute approximate surface area is 54.9 Å². The molecule has 0 rings (SSSR count). The van der Waals surface area contributed by atoms with Crippen molar-refractivity contribution in [1.82, 2.24) is 0 Å². The summed E-state index contributed by atoms with van der Waals surface area (Å²) < 4.78 is 0.280. The van der Waals surface area contributed by atoms with E-state index in [0.717, 1.165) is 0 Å². The highest BCUT2D eigenvalue weighted by Crippen LogP contribution is 2.07. The van der Waals surface area contributed by atoms with Crippen molar-refractivity contribution < 1.29 is 0 Å². The lowest BCUT2D eigenvalue weighted by Crippen LogP contribution is -1.68. The van der Waals surface area contributed by atoms with Crippen molar-refractivity contribution in [3.05, 3.63) is 19.1 Å². The van der Waals surface area contributed by atoms with Gasteiger partial charge in [0.05, 0.1) is 3.74 Å². The molecule has 0 aromatic carbocycles. The quantitative estimate of drug-likeness (QED) is 0.587. The molecule has 2 heteroatoms. The normalized spacial score (nSPS) is 11.3. The molecule has 0 bridgehead atoms. The molecule has 0 spiro atoms. The van der Waals surface area contributed by atoms with Crippen LogP contribution in [0.5, 0.6) is 0 Å². The van der Waals surface area contributed by atoms with E-state index >= 15 is 0 Å². The van der Waals surface area contributed by atoms with Gasteiger partial charge in [0.1, 0.15) is 0 Å². The molecule has 0 atom stereocenters. The first-order chi connectivity index (χ1) is 2.77. The smallest absolute Gasteiger partial charge is 0.0863 e. The van der Waals surface area contributed by atoms with E-state index in [9.17, 15) is 0 Å². The summed E-state index contributed by atoms with van der Waals surface area (Å²) in [6.45, 7) is 3.49. The van der Waals surface area contributed by atoms with Crippen molar-refractivity contribution in [3.63, 3.8) is 0 Å². The molecular weight excluding hydrogens is 208 g/mol. The van der Waals surface area contributed by atoms with Gasteiger partial charge in [0.2, 0.25) is 0 Å². The molecule has 0 aromatic rings. The maximum atomic E-state index is 3.49. The summed E-state index contributed by atoms with van der Waals surface area (Å²) >= 11 is 6.45. The molecular formula is C4H5Br2. The summed E-state index contributed by atoms with van der Waals surface area (Å²) in [5, 5.41) is 0. The third kappa shape index (κ3) is 4.70. The van der Waals surface area contributed by atoms with Crippen LogP contribution in [0.3, 0.4) is 0 Å². The fourth-order valence-corrected chi connectivity index (χ4v) is 0.535. The highest BCUT2D eigenvalue weighted by Gasteiger charge is 1.81. The molecule has 0 unspecified atom stereocenters. The van der Waals surface area contributed by atoms with Gasteiger partial charge in [-0.05, 0) is 6.92 Å². The lowest BCUT2D eigenvalue weighted by Gasteiger charge is -1.81. The van der Waals surface area contributed by atoms with Gasteiger partial charge in [-0.15, -0.1) is 0 Å². The lowest BCUT2D eigenvalue weighted by molar-refractivity contribution is 1.72. The summed E-state index contributed by atoms with van der Waals surface area (Å²) in [4.78, 5) is 0. The van der Waals surface area contributed by atoms with E-state index in [1.54, 1.807) is 6.08 Å². The SMILES string of the molecule is [CH2]/C=C/C(Br)Br. The van der Waals surface area contributed by atoms with Crippen LogP contribution < -0.4 is 0 Å². The van der Waals surface area contributed by atoms with Gasteiger partial charge in [0.25, 0.3) is 0 Å². The van der Waals surface area contributed by atoms with Crippen LogP contribution in [0, 0.1) is 6.92 Å². The van der Waals surface area contributed by atoms with E-state index in [1.807, 2.05) is 6.08 Å². The molecule has 0 aliphatic rings. The molecule has 1 radical (unpaired) electrons. The van der Waals surface area contributed by atoms with Gasteiger partial charge < -0.3 is 0 Å². The number of hydrogen-bond donors (Lipinski definition) is 0. The number of halogens is 2. The third-order valence-electron chi connectivity index (χ3n) is 0.282. The lowest BCUT2D eigenvalue weighted by atomic mass is 10.6. The fourth-order valence-electron chi connectivity index (χ4n) is 0.103. The zero-order valence-corrected chi connectivity index (χ0v) is 6.37. The summed E-state index contributed by atoms with van der Waals surface area (Å²) in [6, 6.07) is 0. The maximum absolute atomic E-state index is 3.49. The van der Waals surface area contributed by atoms with Gasteiger partial charge in [0, 0.05) is 0 Å². The predicted molar refractivity (Wildman–Crippen MR) is 36.1 cm³/mol. The van der Waals surface area contributed by atoms with Crippen molar-refractivity contribution in [3.8, 4) is 0 Å².